The lowest BCUT2D eigenvalue weighted by Crippen LogP contribution is -2.40. The van der Waals surface area contributed by atoms with Gasteiger partial charge < -0.3 is 10.1 Å². The molecule has 5 nitrogen and oxygen atoms in total. The van der Waals surface area contributed by atoms with E-state index in [1.54, 1.807) is 0 Å². The molecule has 2 aromatic carbocycles. The number of hydrogen-bond donors (Lipinski definition) is 2. The van der Waals surface area contributed by atoms with Gasteiger partial charge in [0.15, 0.2) is 10.1 Å². The number of fused-ring (bicyclic) bond motifs is 1. The van der Waals surface area contributed by atoms with Crippen LogP contribution in [0.3, 0.4) is 0 Å². The quantitative estimate of drug-likeness (QED) is 0.547. The number of para-hydroxylation sites is 1. The first-order chi connectivity index (χ1) is 14.7. The Morgan fingerprint density at radius 2 is 2.10 bits per heavy atom. The normalized spacial score (nSPS) is 13.0. The number of aromatic nitrogens is 1. The Balaban J connectivity index is 1.26. The number of thiazole rings is 1. The summed E-state index contributed by atoms with van der Waals surface area (Å²) >= 11 is 6.61. The summed E-state index contributed by atoms with van der Waals surface area (Å²) in [6.07, 6.45) is 8.85. The molecule has 0 fully saturated rings. The number of rotatable bonds is 6. The molecule has 4 rings (SSSR count). The molecule has 0 spiro atoms. The largest absolute Gasteiger partial charge is 0.462 e. The van der Waals surface area contributed by atoms with Gasteiger partial charge in [0.05, 0.1) is 10.2 Å². The fourth-order valence-electron chi connectivity index (χ4n) is 3.07. The highest BCUT2D eigenvalue weighted by atomic mass is 32.1. The Bertz CT molecular complexity index is 1100. The van der Waals surface area contributed by atoms with Crippen molar-refractivity contribution in [3.8, 4) is 5.75 Å². The molecule has 0 saturated carbocycles. The summed E-state index contributed by atoms with van der Waals surface area (Å²) in [5, 5.41) is 6.48. The van der Waals surface area contributed by atoms with Crippen LogP contribution in [0.5, 0.6) is 5.75 Å². The van der Waals surface area contributed by atoms with Gasteiger partial charge in [0, 0.05) is 13.0 Å². The molecule has 0 atom stereocenters. The minimum atomic E-state index is -0.293. The SMILES string of the molecule is O=C(NC(=S)NCCc1cccc(OC2=CC=CCC2)c1)c1nc2ccccc2s1. The summed E-state index contributed by atoms with van der Waals surface area (Å²) in [6.45, 7) is 0.605. The molecule has 7 heteroatoms. The number of carbonyl (C=O) groups is 1. The van der Waals surface area contributed by atoms with Gasteiger partial charge in [-0.1, -0.05) is 36.4 Å². The molecule has 0 aliphatic heterocycles. The van der Waals surface area contributed by atoms with Gasteiger partial charge in [-0.3, -0.25) is 10.1 Å². The Morgan fingerprint density at radius 1 is 1.20 bits per heavy atom. The molecule has 2 N–H and O–H groups in total. The van der Waals surface area contributed by atoms with E-state index in [2.05, 4.69) is 21.7 Å². The van der Waals surface area contributed by atoms with Crippen molar-refractivity contribution in [2.24, 2.45) is 0 Å². The van der Waals surface area contributed by atoms with E-state index in [9.17, 15) is 4.79 Å². The van der Waals surface area contributed by atoms with Crippen LogP contribution in [0, 0.1) is 0 Å². The molecule has 1 amide bonds. The Morgan fingerprint density at radius 3 is 2.93 bits per heavy atom. The fraction of sp³-hybridized carbons (Fsp3) is 0.174. The van der Waals surface area contributed by atoms with Crippen molar-refractivity contribution in [1.29, 1.82) is 0 Å². The second-order valence-electron chi connectivity index (χ2n) is 6.80. The van der Waals surface area contributed by atoms with Gasteiger partial charge in [0.2, 0.25) is 0 Å². The van der Waals surface area contributed by atoms with Gasteiger partial charge in [-0.2, -0.15) is 0 Å². The molecule has 1 aromatic heterocycles. The first-order valence-electron chi connectivity index (χ1n) is 9.74. The zero-order valence-electron chi connectivity index (χ0n) is 16.3. The lowest BCUT2D eigenvalue weighted by molar-refractivity contribution is 0.0976. The fourth-order valence-corrected chi connectivity index (χ4v) is 4.13. The van der Waals surface area contributed by atoms with Crippen LogP contribution >= 0.6 is 23.6 Å². The van der Waals surface area contributed by atoms with Crippen LogP contribution in [0.25, 0.3) is 10.2 Å². The highest BCUT2D eigenvalue weighted by molar-refractivity contribution is 7.80. The van der Waals surface area contributed by atoms with Gasteiger partial charge >= 0.3 is 0 Å². The summed E-state index contributed by atoms with van der Waals surface area (Å²) in [6, 6.07) is 15.7. The van der Waals surface area contributed by atoms with Crippen molar-refractivity contribution in [3.63, 3.8) is 0 Å². The first-order valence-corrected chi connectivity index (χ1v) is 11.0. The van der Waals surface area contributed by atoms with Crippen molar-refractivity contribution in [2.45, 2.75) is 19.3 Å². The smallest absolute Gasteiger partial charge is 0.286 e. The van der Waals surface area contributed by atoms with Gasteiger partial charge in [-0.25, -0.2) is 4.98 Å². The van der Waals surface area contributed by atoms with E-state index >= 15 is 0 Å². The Labute approximate surface area is 184 Å². The van der Waals surface area contributed by atoms with Gasteiger partial charge in [-0.15, -0.1) is 11.3 Å². The molecule has 0 unspecified atom stereocenters. The third kappa shape index (κ3) is 5.31. The second kappa shape index (κ2) is 9.65. The molecule has 30 heavy (non-hydrogen) atoms. The van der Waals surface area contributed by atoms with Crippen LogP contribution in [0.4, 0.5) is 0 Å². The molecular formula is C23H21N3O2S2. The molecule has 1 aliphatic carbocycles. The molecule has 152 valence electrons. The van der Waals surface area contributed by atoms with Crippen LogP contribution in [0.2, 0.25) is 0 Å². The van der Waals surface area contributed by atoms with Crippen molar-refractivity contribution in [1.82, 2.24) is 15.6 Å². The average molecular weight is 436 g/mol. The number of amides is 1. The summed E-state index contributed by atoms with van der Waals surface area (Å²) < 4.78 is 6.93. The third-order valence-corrected chi connectivity index (χ3v) is 5.82. The van der Waals surface area contributed by atoms with Gasteiger partial charge in [-0.05, 0) is 61.0 Å². The molecule has 0 saturated heterocycles. The molecule has 1 aliphatic rings. The van der Waals surface area contributed by atoms with Crippen LogP contribution in [0.15, 0.2) is 72.5 Å². The number of thiocarbonyl (C=S) groups is 1. The van der Waals surface area contributed by atoms with Crippen molar-refractivity contribution in [3.05, 3.63) is 83.1 Å². The van der Waals surface area contributed by atoms with Gasteiger partial charge in [0.25, 0.3) is 5.91 Å². The number of hydrogen-bond acceptors (Lipinski definition) is 5. The lowest BCUT2D eigenvalue weighted by atomic mass is 10.1. The van der Waals surface area contributed by atoms with E-state index in [-0.39, 0.29) is 5.91 Å². The van der Waals surface area contributed by atoms with E-state index in [0.29, 0.717) is 16.7 Å². The minimum Gasteiger partial charge on any atom is -0.462 e. The van der Waals surface area contributed by atoms with E-state index in [1.807, 2.05) is 60.7 Å². The maximum absolute atomic E-state index is 12.4. The summed E-state index contributed by atoms with van der Waals surface area (Å²) in [7, 11) is 0. The van der Waals surface area contributed by atoms with E-state index in [1.165, 1.54) is 11.3 Å². The zero-order valence-corrected chi connectivity index (χ0v) is 17.9. The van der Waals surface area contributed by atoms with Crippen molar-refractivity contribution < 1.29 is 9.53 Å². The van der Waals surface area contributed by atoms with Crippen LogP contribution in [0.1, 0.15) is 28.2 Å². The van der Waals surface area contributed by atoms with Gasteiger partial charge in [0.1, 0.15) is 11.5 Å². The van der Waals surface area contributed by atoms with E-state index < -0.39 is 0 Å². The maximum Gasteiger partial charge on any atom is 0.286 e. The summed E-state index contributed by atoms with van der Waals surface area (Å²) in [5.74, 6) is 1.52. The predicted octanol–water partition coefficient (Wildman–Crippen LogP) is 4.76. The minimum absolute atomic E-state index is 0.293. The molecular weight excluding hydrogens is 414 g/mol. The van der Waals surface area contributed by atoms with Crippen molar-refractivity contribution in [2.75, 3.05) is 6.54 Å². The Hall–Kier alpha value is -3.03. The monoisotopic (exact) mass is 435 g/mol. The highest BCUT2D eigenvalue weighted by Gasteiger charge is 2.13. The third-order valence-electron chi connectivity index (χ3n) is 4.54. The Kier molecular flexibility index (Phi) is 6.51. The topological polar surface area (TPSA) is 63.2 Å². The number of nitrogens with zero attached hydrogens (tertiary/aromatic N) is 1. The molecule has 3 aromatic rings. The number of benzene rings is 2. The van der Waals surface area contributed by atoms with E-state index in [4.69, 9.17) is 17.0 Å². The maximum atomic E-state index is 12.4. The predicted molar refractivity (Wildman–Crippen MR) is 125 cm³/mol. The number of ether oxygens (including phenoxy) is 1. The number of allylic oxidation sites excluding steroid dienone is 4. The van der Waals surface area contributed by atoms with E-state index in [0.717, 1.165) is 46.6 Å². The van der Waals surface area contributed by atoms with Crippen molar-refractivity contribution >= 4 is 44.8 Å². The second-order valence-corrected chi connectivity index (χ2v) is 8.23. The summed E-state index contributed by atoms with van der Waals surface area (Å²) in [5.41, 5.74) is 1.95. The molecule has 0 radical (unpaired) electrons. The average Bonchev–Trinajstić information content (AvgIpc) is 3.19. The number of carbonyl (C=O) groups excluding carboxylic acids is 1. The zero-order chi connectivity index (χ0) is 20.8. The van der Waals surface area contributed by atoms with Crippen LogP contribution in [-0.4, -0.2) is 22.5 Å². The lowest BCUT2D eigenvalue weighted by Gasteiger charge is -2.12. The van der Waals surface area contributed by atoms with Crippen LogP contribution in [-0.2, 0) is 6.42 Å². The standard InChI is InChI=1S/C23H21N3O2S2/c27-21(22-25-19-11-4-5-12-20(19)30-22)26-23(29)24-14-13-16-7-6-10-18(15-16)28-17-8-2-1-3-9-17/h1-2,4-8,10-12,15H,3,9,13-14H2,(H2,24,26,27,29). The number of nitrogens with one attached hydrogen (secondary N) is 2. The molecule has 0 bridgehead atoms. The summed E-state index contributed by atoms with van der Waals surface area (Å²) in [4.78, 5) is 16.7. The first kappa shape index (κ1) is 20.3. The highest BCUT2D eigenvalue weighted by Crippen LogP contribution is 2.22. The molecule has 1 heterocycles. The van der Waals surface area contributed by atoms with Crippen LogP contribution < -0.4 is 15.4 Å².